The van der Waals surface area contributed by atoms with Crippen LogP contribution in [0.1, 0.15) is 0 Å². The van der Waals surface area contributed by atoms with Crippen LogP contribution in [0.4, 0.5) is 0 Å². The Bertz CT molecular complexity index is 378. The van der Waals surface area contributed by atoms with Gasteiger partial charge in [0.15, 0.2) is 12.6 Å². The topological polar surface area (TPSA) is 190 Å². The number of hydrogen-bond donors (Lipinski definition) is 8. The summed E-state index contributed by atoms with van der Waals surface area (Å²) in [4.78, 5) is 0. The Balaban J connectivity index is 2.11. The van der Waals surface area contributed by atoms with Crippen LogP contribution in [0.3, 0.4) is 0 Å². The molecule has 11 heteroatoms. The lowest BCUT2D eigenvalue weighted by Crippen LogP contribution is -2.64. The molecule has 0 amide bonds. The fourth-order valence-corrected chi connectivity index (χ4v) is 2.57. The van der Waals surface area contributed by atoms with E-state index in [1.54, 1.807) is 0 Å². The second-order valence-corrected chi connectivity index (χ2v) is 5.53. The van der Waals surface area contributed by atoms with E-state index < -0.39 is 74.6 Å². The lowest BCUT2D eigenvalue weighted by molar-refractivity contribution is -0.355. The molecular weight excluding hydrogens is 320 g/mol. The largest absolute Gasteiger partial charge is 0.394 e. The Labute approximate surface area is 130 Å². The van der Waals surface area contributed by atoms with E-state index in [2.05, 4.69) is 0 Å². The third kappa shape index (κ3) is 3.65. The molecule has 0 spiro atoms. The second-order valence-electron chi connectivity index (χ2n) is 5.53. The molecule has 10 atom stereocenters. The van der Waals surface area contributed by atoms with E-state index in [1.165, 1.54) is 0 Å². The van der Waals surface area contributed by atoms with Crippen LogP contribution in [0, 0.1) is 0 Å². The van der Waals surface area contributed by atoms with Crippen molar-refractivity contribution in [3.8, 4) is 0 Å². The highest BCUT2D eigenvalue weighted by atomic mass is 16.7. The quantitative estimate of drug-likeness (QED) is 0.243. The van der Waals surface area contributed by atoms with E-state index >= 15 is 0 Å². The van der Waals surface area contributed by atoms with E-state index in [-0.39, 0.29) is 0 Å². The molecule has 2 saturated heterocycles. The molecule has 0 unspecified atom stereocenters. The van der Waals surface area contributed by atoms with E-state index in [0.29, 0.717) is 0 Å². The Kier molecular flexibility index (Phi) is 6.27. The zero-order valence-electron chi connectivity index (χ0n) is 12.0. The summed E-state index contributed by atoms with van der Waals surface area (Å²) in [6.45, 7) is -1.35. The van der Waals surface area contributed by atoms with Crippen LogP contribution in [-0.4, -0.2) is 115 Å². The Hall–Kier alpha value is -0.440. The monoisotopic (exact) mass is 342 g/mol. The molecule has 8 N–H and O–H groups in total. The predicted octanol–water partition coefficient (Wildman–Crippen LogP) is -5.40. The van der Waals surface area contributed by atoms with Crippen molar-refractivity contribution in [3.05, 3.63) is 0 Å². The first-order valence-electron chi connectivity index (χ1n) is 7.08. The van der Waals surface area contributed by atoms with Crippen molar-refractivity contribution in [2.45, 2.75) is 61.4 Å². The molecule has 2 rings (SSSR count). The van der Waals surface area contributed by atoms with Gasteiger partial charge in [0.05, 0.1) is 13.2 Å². The smallest absolute Gasteiger partial charge is 0.187 e. The van der Waals surface area contributed by atoms with Crippen LogP contribution in [0.5, 0.6) is 0 Å². The second kappa shape index (κ2) is 7.63. The Morgan fingerprint density at radius 1 is 0.652 bits per heavy atom. The van der Waals surface area contributed by atoms with E-state index in [4.69, 9.17) is 19.3 Å². The first-order chi connectivity index (χ1) is 10.8. The first-order valence-corrected chi connectivity index (χ1v) is 7.08. The molecule has 11 nitrogen and oxygen atoms in total. The molecule has 2 fully saturated rings. The highest BCUT2D eigenvalue weighted by Gasteiger charge is 2.50. The number of aliphatic hydroxyl groups is 8. The average molecular weight is 342 g/mol. The van der Waals surface area contributed by atoms with Crippen molar-refractivity contribution in [3.63, 3.8) is 0 Å². The van der Waals surface area contributed by atoms with Crippen molar-refractivity contribution in [1.82, 2.24) is 0 Å². The molecule has 23 heavy (non-hydrogen) atoms. The van der Waals surface area contributed by atoms with Crippen LogP contribution < -0.4 is 0 Å². The lowest BCUT2D eigenvalue weighted by Gasteiger charge is -2.45. The summed E-state index contributed by atoms with van der Waals surface area (Å²) >= 11 is 0. The molecular formula is C12H22O11. The minimum Gasteiger partial charge on any atom is -0.394 e. The molecule has 0 aromatic carbocycles. The molecule has 0 aromatic rings. The van der Waals surface area contributed by atoms with Crippen molar-refractivity contribution >= 4 is 0 Å². The Morgan fingerprint density at radius 2 is 1.26 bits per heavy atom. The Morgan fingerprint density at radius 3 is 1.83 bits per heavy atom. The summed E-state index contributed by atoms with van der Waals surface area (Å²) in [7, 11) is 0. The van der Waals surface area contributed by atoms with Crippen LogP contribution >= 0.6 is 0 Å². The highest BCUT2D eigenvalue weighted by molar-refractivity contribution is 4.93. The molecule has 136 valence electrons. The summed E-state index contributed by atoms with van der Waals surface area (Å²) in [6.07, 6.45) is -15.6. The summed E-state index contributed by atoms with van der Waals surface area (Å²) in [5.74, 6) is 0. The van der Waals surface area contributed by atoms with Crippen LogP contribution in [0.25, 0.3) is 0 Å². The van der Waals surface area contributed by atoms with Crippen LogP contribution in [0.2, 0.25) is 0 Å². The van der Waals surface area contributed by atoms with Gasteiger partial charge in [-0.1, -0.05) is 0 Å². The fourth-order valence-electron chi connectivity index (χ4n) is 2.57. The van der Waals surface area contributed by atoms with E-state index in [9.17, 15) is 35.7 Å². The molecule has 0 radical (unpaired) electrons. The summed E-state index contributed by atoms with van der Waals surface area (Å²) in [5, 5.41) is 76.5. The molecule has 2 aliphatic heterocycles. The zero-order valence-corrected chi connectivity index (χ0v) is 12.0. The van der Waals surface area contributed by atoms with Gasteiger partial charge in [-0.2, -0.15) is 0 Å². The minimum absolute atomic E-state index is 0.667. The van der Waals surface area contributed by atoms with Gasteiger partial charge in [0.1, 0.15) is 48.8 Å². The van der Waals surface area contributed by atoms with Crippen LogP contribution in [-0.2, 0) is 14.2 Å². The van der Waals surface area contributed by atoms with Gasteiger partial charge < -0.3 is 55.1 Å². The van der Waals surface area contributed by atoms with Gasteiger partial charge >= 0.3 is 0 Å². The molecule has 0 saturated carbocycles. The maximum atomic E-state index is 9.94. The van der Waals surface area contributed by atoms with Crippen molar-refractivity contribution in [2.24, 2.45) is 0 Å². The normalized spacial score (nSPS) is 51.7. The van der Waals surface area contributed by atoms with Gasteiger partial charge in [-0.25, -0.2) is 0 Å². The van der Waals surface area contributed by atoms with Crippen molar-refractivity contribution in [2.75, 3.05) is 13.2 Å². The zero-order chi connectivity index (χ0) is 17.3. The van der Waals surface area contributed by atoms with Gasteiger partial charge in [0, 0.05) is 0 Å². The highest BCUT2D eigenvalue weighted by Crippen LogP contribution is 2.28. The van der Waals surface area contributed by atoms with Crippen LogP contribution in [0.15, 0.2) is 0 Å². The van der Waals surface area contributed by atoms with E-state index in [0.717, 1.165) is 0 Å². The van der Waals surface area contributed by atoms with Crippen molar-refractivity contribution in [1.29, 1.82) is 0 Å². The standard InChI is InChI=1S/C12H22O11/c13-1-3-5(15)6(16)9(19)12(22-3)23-10-4(2-14)21-11(20)8(18)7(10)17/h3-20H,1-2H2/t3-,4-,5-,6-,7+,8-,9-,10-,11-,12+/m1/s1. The number of hydrogen-bond acceptors (Lipinski definition) is 11. The predicted molar refractivity (Wildman–Crippen MR) is 68.6 cm³/mol. The lowest BCUT2D eigenvalue weighted by atomic mass is 9.97. The van der Waals surface area contributed by atoms with Gasteiger partial charge in [0.2, 0.25) is 0 Å². The number of ether oxygens (including phenoxy) is 3. The maximum absolute atomic E-state index is 9.94. The first kappa shape index (κ1) is 18.9. The third-order valence-corrected chi connectivity index (χ3v) is 3.98. The summed E-state index contributed by atoms with van der Waals surface area (Å²) < 4.78 is 15.3. The summed E-state index contributed by atoms with van der Waals surface area (Å²) in [6, 6.07) is 0. The SMILES string of the molecule is OC[C@H]1O[C@@H](O[C@H]2[C@@H](O)[C@@H](O)[C@H](O)O[C@@H]2CO)[C@H](O)[C@H](O)[C@@H]1O. The maximum Gasteiger partial charge on any atom is 0.187 e. The molecule has 0 aliphatic carbocycles. The van der Waals surface area contributed by atoms with Crippen molar-refractivity contribution < 1.29 is 55.1 Å². The van der Waals surface area contributed by atoms with Gasteiger partial charge in [-0.05, 0) is 0 Å². The van der Waals surface area contributed by atoms with Gasteiger partial charge in [-0.3, -0.25) is 0 Å². The van der Waals surface area contributed by atoms with Gasteiger partial charge in [-0.15, -0.1) is 0 Å². The minimum atomic E-state index is -1.74. The molecule has 2 heterocycles. The fraction of sp³-hybridized carbons (Fsp3) is 1.00. The average Bonchev–Trinajstić information content (AvgIpc) is 2.55. The summed E-state index contributed by atoms with van der Waals surface area (Å²) in [5.41, 5.74) is 0. The van der Waals surface area contributed by atoms with E-state index in [1.807, 2.05) is 0 Å². The molecule has 0 bridgehead atoms. The molecule has 0 aromatic heterocycles. The number of rotatable bonds is 4. The third-order valence-electron chi connectivity index (χ3n) is 3.98. The van der Waals surface area contributed by atoms with Gasteiger partial charge in [0.25, 0.3) is 0 Å². The number of aliphatic hydroxyl groups excluding tert-OH is 8. The molecule has 2 aliphatic rings.